The topological polar surface area (TPSA) is 97.1 Å². The maximum absolute atomic E-state index is 12.1. The minimum absolute atomic E-state index is 0.0201. The fourth-order valence-corrected chi connectivity index (χ4v) is 3.83. The van der Waals surface area contributed by atoms with Crippen molar-refractivity contribution in [3.05, 3.63) is 39.7 Å². The first-order valence-electron chi connectivity index (χ1n) is 5.68. The molecule has 9 heteroatoms. The van der Waals surface area contributed by atoms with Gasteiger partial charge in [-0.3, -0.25) is 0 Å². The molecule has 2 aromatic heterocycles. The molecule has 108 valence electrons. The summed E-state index contributed by atoms with van der Waals surface area (Å²) >= 11 is 7.24. The summed E-state index contributed by atoms with van der Waals surface area (Å²) in [5.74, 6) is 5.36. The van der Waals surface area contributed by atoms with Crippen molar-refractivity contribution in [3.63, 3.8) is 0 Å². The number of pyridine rings is 1. The summed E-state index contributed by atoms with van der Waals surface area (Å²) in [5, 5.41) is 0. The lowest BCUT2D eigenvalue weighted by Gasteiger charge is -2.09. The third-order valence-electron chi connectivity index (χ3n) is 2.49. The van der Waals surface area contributed by atoms with Crippen LogP contribution in [0.3, 0.4) is 0 Å². The van der Waals surface area contributed by atoms with E-state index in [0.29, 0.717) is 10.8 Å². The second-order valence-electron chi connectivity index (χ2n) is 3.85. The Labute approximate surface area is 126 Å². The monoisotopic (exact) mass is 332 g/mol. The van der Waals surface area contributed by atoms with Gasteiger partial charge in [-0.15, -0.1) is 11.3 Å². The van der Waals surface area contributed by atoms with E-state index in [9.17, 15) is 8.42 Å². The van der Waals surface area contributed by atoms with Crippen molar-refractivity contribution in [1.82, 2.24) is 9.71 Å². The number of anilines is 1. The van der Waals surface area contributed by atoms with E-state index in [1.54, 1.807) is 6.07 Å². The van der Waals surface area contributed by atoms with E-state index < -0.39 is 10.0 Å². The molecule has 2 heterocycles. The number of halogens is 1. The lowest BCUT2D eigenvalue weighted by Crippen LogP contribution is -2.27. The zero-order valence-electron chi connectivity index (χ0n) is 10.3. The number of aromatic nitrogens is 1. The van der Waals surface area contributed by atoms with E-state index in [1.807, 2.05) is 6.07 Å². The Bertz CT molecular complexity index is 687. The third-order valence-corrected chi connectivity index (χ3v) is 5.27. The molecule has 0 amide bonds. The van der Waals surface area contributed by atoms with Crippen LogP contribution in [0.25, 0.3) is 0 Å². The van der Waals surface area contributed by atoms with Crippen LogP contribution in [0.4, 0.5) is 5.82 Å². The van der Waals surface area contributed by atoms with Crippen molar-refractivity contribution in [2.75, 3.05) is 12.0 Å². The van der Waals surface area contributed by atoms with Crippen LogP contribution in [-0.2, 0) is 16.4 Å². The Hall–Kier alpha value is -1.19. The molecular formula is C11H13ClN4O2S2. The van der Waals surface area contributed by atoms with Gasteiger partial charge in [0.25, 0.3) is 0 Å². The number of hydrogen-bond acceptors (Lipinski definition) is 6. The van der Waals surface area contributed by atoms with Crippen LogP contribution in [0.2, 0.25) is 4.34 Å². The molecule has 0 saturated heterocycles. The SMILES string of the molecule is NNc1ncccc1S(=O)(=O)NCCc1ccc(Cl)s1. The first kappa shape index (κ1) is 15.2. The summed E-state index contributed by atoms with van der Waals surface area (Å²) in [6.07, 6.45) is 2.03. The van der Waals surface area contributed by atoms with Gasteiger partial charge in [0.15, 0.2) is 5.82 Å². The number of nitrogen functional groups attached to an aromatic ring is 1. The number of hydrazine groups is 1. The smallest absolute Gasteiger partial charge is 0.244 e. The largest absolute Gasteiger partial charge is 0.307 e. The molecule has 0 atom stereocenters. The maximum atomic E-state index is 12.1. The van der Waals surface area contributed by atoms with E-state index >= 15 is 0 Å². The van der Waals surface area contributed by atoms with Crippen molar-refractivity contribution < 1.29 is 8.42 Å². The summed E-state index contributed by atoms with van der Waals surface area (Å²) in [6.45, 7) is 0.276. The van der Waals surface area contributed by atoms with Gasteiger partial charge in [0.05, 0.1) is 4.34 Å². The number of nitrogens with one attached hydrogen (secondary N) is 2. The quantitative estimate of drug-likeness (QED) is 0.551. The van der Waals surface area contributed by atoms with E-state index in [4.69, 9.17) is 17.4 Å². The Morgan fingerprint density at radius 1 is 1.35 bits per heavy atom. The summed E-state index contributed by atoms with van der Waals surface area (Å²) in [7, 11) is -3.65. The second kappa shape index (κ2) is 6.51. The molecular weight excluding hydrogens is 320 g/mol. The number of hydrogen-bond donors (Lipinski definition) is 3. The number of rotatable bonds is 6. The molecule has 0 saturated carbocycles. The van der Waals surface area contributed by atoms with Gasteiger partial charge in [0.2, 0.25) is 10.0 Å². The lowest BCUT2D eigenvalue weighted by atomic mass is 10.3. The van der Waals surface area contributed by atoms with Crippen LogP contribution in [0, 0.1) is 0 Å². The van der Waals surface area contributed by atoms with Gasteiger partial charge in [0.1, 0.15) is 4.90 Å². The first-order valence-corrected chi connectivity index (χ1v) is 8.36. The zero-order chi connectivity index (χ0) is 14.6. The van der Waals surface area contributed by atoms with Crippen LogP contribution in [0.1, 0.15) is 4.88 Å². The molecule has 0 aromatic carbocycles. The van der Waals surface area contributed by atoms with Crippen LogP contribution in [-0.4, -0.2) is 19.9 Å². The van der Waals surface area contributed by atoms with Gasteiger partial charge < -0.3 is 5.43 Å². The van der Waals surface area contributed by atoms with Crippen molar-refractivity contribution in [1.29, 1.82) is 0 Å². The molecule has 2 aromatic rings. The zero-order valence-corrected chi connectivity index (χ0v) is 12.7. The van der Waals surface area contributed by atoms with Crippen LogP contribution < -0.4 is 16.0 Å². The fourth-order valence-electron chi connectivity index (χ4n) is 1.59. The second-order valence-corrected chi connectivity index (χ2v) is 7.38. The van der Waals surface area contributed by atoms with E-state index in [0.717, 1.165) is 4.88 Å². The first-order chi connectivity index (χ1) is 9.53. The van der Waals surface area contributed by atoms with Gasteiger partial charge >= 0.3 is 0 Å². The van der Waals surface area contributed by atoms with Crippen LogP contribution >= 0.6 is 22.9 Å². The highest BCUT2D eigenvalue weighted by molar-refractivity contribution is 7.89. The standard InChI is InChI=1S/C11H13ClN4O2S2/c12-10-4-3-8(19-10)5-7-15-20(17,18)9-2-1-6-14-11(9)16-13/h1-4,6,15H,5,7,13H2,(H,14,16). The van der Waals surface area contributed by atoms with E-state index in [2.05, 4.69) is 15.1 Å². The Balaban J connectivity index is 2.04. The number of nitrogens with two attached hydrogens (primary N) is 1. The highest BCUT2D eigenvalue weighted by Crippen LogP contribution is 2.22. The Morgan fingerprint density at radius 3 is 2.80 bits per heavy atom. The van der Waals surface area contributed by atoms with Gasteiger partial charge in [-0.1, -0.05) is 11.6 Å². The van der Waals surface area contributed by atoms with Crippen molar-refractivity contribution in [2.24, 2.45) is 5.84 Å². The number of sulfonamides is 1. The molecule has 0 aliphatic carbocycles. The van der Waals surface area contributed by atoms with E-state index in [1.165, 1.54) is 29.7 Å². The summed E-state index contributed by atoms with van der Waals surface area (Å²) < 4.78 is 27.5. The van der Waals surface area contributed by atoms with Crippen molar-refractivity contribution >= 4 is 38.8 Å². The average Bonchev–Trinajstić information content (AvgIpc) is 2.84. The lowest BCUT2D eigenvalue weighted by molar-refractivity contribution is 0.582. The highest BCUT2D eigenvalue weighted by Gasteiger charge is 2.18. The molecule has 0 unspecified atom stereocenters. The molecule has 0 bridgehead atoms. The number of nitrogens with zero attached hydrogens (tertiary/aromatic N) is 1. The predicted molar refractivity (Wildman–Crippen MR) is 80.3 cm³/mol. The molecule has 0 aliphatic heterocycles. The molecule has 0 fully saturated rings. The van der Waals surface area contributed by atoms with E-state index in [-0.39, 0.29) is 17.3 Å². The van der Waals surface area contributed by atoms with Crippen molar-refractivity contribution in [2.45, 2.75) is 11.3 Å². The fraction of sp³-hybridized carbons (Fsp3) is 0.182. The minimum atomic E-state index is -3.65. The summed E-state index contributed by atoms with van der Waals surface area (Å²) in [5.41, 5.74) is 2.27. The molecule has 20 heavy (non-hydrogen) atoms. The molecule has 0 radical (unpaired) electrons. The summed E-state index contributed by atoms with van der Waals surface area (Å²) in [6, 6.07) is 6.63. The van der Waals surface area contributed by atoms with Crippen molar-refractivity contribution in [3.8, 4) is 0 Å². The molecule has 2 rings (SSSR count). The summed E-state index contributed by atoms with van der Waals surface area (Å²) in [4.78, 5) is 4.90. The van der Waals surface area contributed by atoms with Gasteiger partial charge in [-0.25, -0.2) is 24.0 Å². The Kier molecular flexibility index (Phi) is 4.95. The highest BCUT2D eigenvalue weighted by atomic mass is 35.5. The maximum Gasteiger partial charge on any atom is 0.244 e. The average molecular weight is 333 g/mol. The normalized spacial score (nSPS) is 11.5. The van der Waals surface area contributed by atoms with Crippen LogP contribution in [0.15, 0.2) is 35.4 Å². The number of thiophene rings is 1. The third kappa shape index (κ3) is 3.68. The minimum Gasteiger partial charge on any atom is -0.307 e. The Morgan fingerprint density at radius 2 is 2.15 bits per heavy atom. The molecule has 4 N–H and O–H groups in total. The molecule has 0 aliphatic rings. The molecule has 6 nitrogen and oxygen atoms in total. The molecule has 0 spiro atoms. The van der Waals surface area contributed by atoms with Gasteiger partial charge in [-0.2, -0.15) is 0 Å². The van der Waals surface area contributed by atoms with Gasteiger partial charge in [-0.05, 0) is 30.7 Å². The van der Waals surface area contributed by atoms with Gasteiger partial charge in [0, 0.05) is 17.6 Å². The van der Waals surface area contributed by atoms with Crippen LogP contribution in [0.5, 0.6) is 0 Å². The predicted octanol–water partition coefficient (Wildman–Crippen LogP) is 1.60.